The molecule has 0 aliphatic carbocycles. The van der Waals surface area contributed by atoms with Gasteiger partial charge in [0.15, 0.2) is 5.11 Å². The molecule has 0 saturated carbocycles. The maximum atomic E-state index is 11.8. The predicted octanol–water partition coefficient (Wildman–Crippen LogP) is 1.10. The van der Waals surface area contributed by atoms with Gasteiger partial charge >= 0.3 is 5.63 Å². The van der Waals surface area contributed by atoms with Crippen molar-refractivity contribution in [3.8, 4) is 0 Å². The normalized spacial score (nSPS) is 10.0. The van der Waals surface area contributed by atoms with Crippen molar-refractivity contribution in [3.05, 3.63) is 52.9 Å². The Morgan fingerprint density at radius 3 is 2.78 bits per heavy atom. The quantitative estimate of drug-likeness (QED) is 0.436. The molecule has 0 fully saturated rings. The van der Waals surface area contributed by atoms with E-state index in [9.17, 15) is 4.79 Å². The van der Waals surface area contributed by atoms with Gasteiger partial charge in [-0.15, -0.1) is 0 Å². The highest BCUT2D eigenvalue weighted by Crippen LogP contribution is 2.15. The van der Waals surface area contributed by atoms with Crippen LogP contribution in [0.4, 0.5) is 0 Å². The minimum absolute atomic E-state index is 0.0568. The highest BCUT2D eigenvalue weighted by molar-refractivity contribution is 7.80. The van der Waals surface area contributed by atoms with Crippen LogP contribution in [0, 0.1) is 0 Å². The van der Waals surface area contributed by atoms with Crippen LogP contribution in [0.15, 0.2) is 46.1 Å². The van der Waals surface area contributed by atoms with Crippen molar-refractivity contribution in [2.24, 2.45) is 5.73 Å². The minimum Gasteiger partial charge on any atom is -0.422 e. The van der Waals surface area contributed by atoms with Gasteiger partial charge in [0.2, 0.25) is 0 Å². The van der Waals surface area contributed by atoms with Gasteiger partial charge in [0.1, 0.15) is 5.58 Å². The molecule has 6 heteroatoms. The molecule has 0 saturated heterocycles. The lowest BCUT2D eigenvalue weighted by molar-refractivity contribution is 0.557. The van der Waals surface area contributed by atoms with Crippen molar-refractivity contribution in [2.45, 2.75) is 0 Å². The fraction of sp³-hybridized carbons (Fsp3) is 0. The van der Waals surface area contributed by atoms with Crippen LogP contribution in [0.1, 0.15) is 5.56 Å². The van der Waals surface area contributed by atoms with E-state index in [0.717, 1.165) is 5.39 Å². The van der Waals surface area contributed by atoms with E-state index in [1.807, 2.05) is 12.1 Å². The van der Waals surface area contributed by atoms with Crippen LogP contribution in [0.5, 0.6) is 0 Å². The van der Waals surface area contributed by atoms with Gasteiger partial charge in [-0.2, -0.15) is 0 Å². The van der Waals surface area contributed by atoms with Gasteiger partial charge in [-0.05, 0) is 24.4 Å². The van der Waals surface area contributed by atoms with Crippen LogP contribution in [0.25, 0.3) is 16.7 Å². The summed E-state index contributed by atoms with van der Waals surface area (Å²) in [4.78, 5) is 11.8. The summed E-state index contributed by atoms with van der Waals surface area (Å²) in [5.74, 6) is 0. The van der Waals surface area contributed by atoms with Gasteiger partial charge in [-0.25, -0.2) is 4.79 Å². The molecule has 0 atom stereocenters. The fourth-order valence-electron chi connectivity index (χ4n) is 1.48. The number of fused-ring (bicyclic) bond motifs is 1. The molecule has 0 aliphatic heterocycles. The molecule has 2 aromatic rings. The Morgan fingerprint density at radius 1 is 1.33 bits per heavy atom. The first-order valence-corrected chi connectivity index (χ1v) is 5.52. The standard InChI is InChI=1S/C12H11N3O2S/c1-7(14-15-12(13)18)9-6-8-4-2-3-5-10(8)17-11(9)16/h2-6,14H,1H2,(H3,13,15,18). The molecule has 1 aromatic heterocycles. The first kappa shape index (κ1) is 12.1. The van der Waals surface area contributed by atoms with E-state index < -0.39 is 5.63 Å². The summed E-state index contributed by atoms with van der Waals surface area (Å²) in [5.41, 5.74) is 11.1. The second kappa shape index (κ2) is 4.89. The number of para-hydroxylation sites is 1. The molecule has 2 rings (SSSR count). The molecule has 92 valence electrons. The molecule has 0 amide bonds. The van der Waals surface area contributed by atoms with Crippen LogP contribution in [-0.2, 0) is 0 Å². The summed E-state index contributed by atoms with van der Waals surface area (Å²) < 4.78 is 5.17. The molecular formula is C12H11N3O2S. The van der Waals surface area contributed by atoms with Gasteiger partial charge in [0.25, 0.3) is 0 Å². The Labute approximate surface area is 108 Å². The average Bonchev–Trinajstić information content (AvgIpc) is 2.35. The summed E-state index contributed by atoms with van der Waals surface area (Å²) in [6.07, 6.45) is 0. The summed E-state index contributed by atoms with van der Waals surface area (Å²) in [6, 6.07) is 8.92. The third-order valence-electron chi connectivity index (χ3n) is 2.30. The fourth-order valence-corrected chi connectivity index (χ4v) is 1.53. The highest BCUT2D eigenvalue weighted by atomic mass is 32.1. The molecule has 0 aliphatic rings. The first-order valence-electron chi connectivity index (χ1n) is 5.11. The Hall–Kier alpha value is -2.34. The van der Waals surface area contributed by atoms with Crippen molar-refractivity contribution in [1.29, 1.82) is 0 Å². The van der Waals surface area contributed by atoms with E-state index in [4.69, 9.17) is 10.2 Å². The lowest BCUT2D eigenvalue weighted by atomic mass is 10.1. The molecule has 5 nitrogen and oxygen atoms in total. The molecule has 1 aromatic carbocycles. The zero-order valence-electron chi connectivity index (χ0n) is 9.40. The van der Waals surface area contributed by atoms with Gasteiger partial charge < -0.3 is 10.2 Å². The van der Waals surface area contributed by atoms with E-state index in [0.29, 0.717) is 16.8 Å². The summed E-state index contributed by atoms with van der Waals surface area (Å²) in [6.45, 7) is 3.72. The number of nitrogens with one attached hydrogen (secondary N) is 2. The van der Waals surface area contributed by atoms with Crippen molar-refractivity contribution in [1.82, 2.24) is 10.9 Å². The predicted molar refractivity (Wildman–Crippen MR) is 74.6 cm³/mol. The molecule has 18 heavy (non-hydrogen) atoms. The number of nitrogens with two attached hydrogens (primary N) is 1. The van der Waals surface area contributed by atoms with Crippen molar-refractivity contribution >= 4 is 34.0 Å². The topological polar surface area (TPSA) is 80.3 Å². The number of benzene rings is 1. The van der Waals surface area contributed by atoms with Gasteiger partial charge in [0.05, 0.1) is 11.3 Å². The third kappa shape index (κ3) is 2.49. The lowest BCUT2D eigenvalue weighted by Gasteiger charge is -2.09. The molecule has 0 radical (unpaired) electrons. The summed E-state index contributed by atoms with van der Waals surface area (Å²) >= 11 is 4.64. The molecular weight excluding hydrogens is 250 g/mol. The summed E-state index contributed by atoms with van der Waals surface area (Å²) in [7, 11) is 0. The van der Waals surface area contributed by atoms with E-state index in [1.54, 1.807) is 18.2 Å². The molecule has 0 bridgehead atoms. The van der Waals surface area contributed by atoms with Crippen molar-refractivity contribution in [2.75, 3.05) is 0 Å². The Bertz CT molecular complexity index is 678. The van der Waals surface area contributed by atoms with Crippen LogP contribution in [0.2, 0.25) is 0 Å². The zero-order valence-corrected chi connectivity index (χ0v) is 10.2. The van der Waals surface area contributed by atoms with Crippen LogP contribution < -0.4 is 22.2 Å². The number of hydrazine groups is 1. The minimum atomic E-state index is -0.476. The Balaban J connectivity index is 2.38. The lowest BCUT2D eigenvalue weighted by Crippen LogP contribution is -2.40. The van der Waals surface area contributed by atoms with Crippen LogP contribution in [0.3, 0.4) is 0 Å². The second-order valence-electron chi connectivity index (χ2n) is 3.58. The van der Waals surface area contributed by atoms with E-state index in [1.165, 1.54) is 0 Å². The molecule has 1 heterocycles. The van der Waals surface area contributed by atoms with E-state index in [-0.39, 0.29) is 5.11 Å². The number of hydrogen-bond donors (Lipinski definition) is 3. The maximum absolute atomic E-state index is 11.8. The highest BCUT2D eigenvalue weighted by Gasteiger charge is 2.08. The smallest absolute Gasteiger partial charge is 0.345 e. The van der Waals surface area contributed by atoms with Crippen molar-refractivity contribution in [3.63, 3.8) is 0 Å². The monoisotopic (exact) mass is 261 g/mol. The Morgan fingerprint density at radius 2 is 2.06 bits per heavy atom. The third-order valence-corrected chi connectivity index (χ3v) is 2.41. The number of thiocarbonyl (C=S) groups is 1. The molecule has 0 spiro atoms. The molecule has 0 unspecified atom stereocenters. The van der Waals surface area contributed by atoms with Gasteiger partial charge in [-0.1, -0.05) is 24.8 Å². The summed E-state index contributed by atoms with van der Waals surface area (Å²) in [5, 5.41) is 0.867. The van der Waals surface area contributed by atoms with E-state index in [2.05, 4.69) is 29.6 Å². The number of hydrogen-bond acceptors (Lipinski definition) is 4. The average molecular weight is 261 g/mol. The Kier molecular flexibility index (Phi) is 3.29. The molecule has 4 N–H and O–H groups in total. The van der Waals surface area contributed by atoms with Crippen LogP contribution in [-0.4, -0.2) is 5.11 Å². The first-order chi connectivity index (χ1) is 8.58. The van der Waals surface area contributed by atoms with Gasteiger partial charge in [-0.3, -0.25) is 10.9 Å². The second-order valence-corrected chi connectivity index (χ2v) is 4.02. The largest absolute Gasteiger partial charge is 0.422 e. The number of rotatable bonds is 3. The zero-order chi connectivity index (χ0) is 13.1. The van der Waals surface area contributed by atoms with E-state index >= 15 is 0 Å². The van der Waals surface area contributed by atoms with Crippen LogP contribution >= 0.6 is 12.2 Å². The maximum Gasteiger partial charge on any atom is 0.345 e. The SMILES string of the molecule is C=C(NNC(N)=S)c1cc2ccccc2oc1=O. The van der Waals surface area contributed by atoms with Crippen molar-refractivity contribution < 1.29 is 4.42 Å². The van der Waals surface area contributed by atoms with Gasteiger partial charge in [0, 0.05) is 5.39 Å².